The molecule has 1 unspecified atom stereocenters. The van der Waals surface area contributed by atoms with Crippen LogP contribution in [-0.4, -0.2) is 22.8 Å². The predicted octanol–water partition coefficient (Wildman–Crippen LogP) is 2.30. The Morgan fingerprint density at radius 3 is 2.76 bits per heavy atom. The SMILES string of the molecule is CC(=O)c1cc(C(=O)NCC2Cc3ccccc32)n(C)c1. The molecular weight excluding hydrogens is 264 g/mol. The number of Topliss-reactive ketones (excluding diaryl/α,β-unsaturated/α-hetero) is 1. The monoisotopic (exact) mass is 282 g/mol. The van der Waals surface area contributed by atoms with Gasteiger partial charge >= 0.3 is 0 Å². The predicted molar refractivity (Wildman–Crippen MR) is 80.6 cm³/mol. The van der Waals surface area contributed by atoms with Gasteiger partial charge < -0.3 is 9.88 Å². The smallest absolute Gasteiger partial charge is 0.267 e. The van der Waals surface area contributed by atoms with Gasteiger partial charge in [0, 0.05) is 31.3 Å². The van der Waals surface area contributed by atoms with Crippen molar-refractivity contribution in [2.45, 2.75) is 19.3 Å². The van der Waals surface area contributed by atoms with E-state index in [9.17, 15) is 9.59 Å². The van der Waals surface area contributed by atoms with E-state index in [4.69, 9.17) is 0 Å². The van der Waals surface area contributed by atoms with E-state index >= 15 is 0 Å². The lowest BCUT2D eigenvalue weighted by atomic mass is 9.77. The lowest BCUT2D eigenvalue weighted by Gasteiger charge is -2.30. The van der Waals surface area contributed by atoms with Gasteiger partial charge in [-0.15, -0.1) is 0 Å². The molecule has 3 rings (SSSR count). The van der Waals surface area contributed by atoms with Crippen LogP contribution in [0.3, 0.4) is 0 Å². The maximum absolute atomic E-state index is 12.2. The summed E-state index contributed by atoms with van der Waals surface area (Å²) in [6.07, 6.45) is 2.71. The largest absolute Gasteiger partial charge is 0.350 e. The maximum Gasteiger partial charge on any atom is 0.267 e. The number of amides is 1. The minimum absolute atomic E-state index is 0.0300. The Morgan fingerprint density at radius 1 is 1.33 bits per heavy atom. The van der Waals surface area contributed by atoms with Crippen LogP contribution in [0.1, 0.15) is 44.8 Å². The summed E-state index contributed by atoms with van der Waals surface area (Å²) in [7, 11) is 1.78. The number of hydrogen-bond donors (Lipinski definition) is 1. The fourth-order valence-electron chi connectivity index (χ4n) is 2.83. The molecule has 1 aromatic heterocycles. The molecule has 1 aliphatic carbocycles. The molecule has 1 aromatic carbocycles. The highest BCUT2D eigenvalue weighted by Crippen LogP contribution is 2.34. The Kier molecular flexibility index (Phi) is 3.37. The van der Waals surface area contributed by atoms with E-state index in [1.165, 1.54) is 18.1 Å². The van der Waals surface area contributed by atoms with Gasteiger partial charge in [-0.3, -0.25) is 9.59 Å². The molecule has 1 atom stereocenters. The van der Waals surface area contributed by atoms with E-state index in [1.54, 1.807) is 23.9 Å². The Balaban J connectivity index is 1.64. The van der Waals surface area contributed by atoms with Gasteiger partial charge in [-0.25, -0.2) is 0 Å². The zero-order valence-corrected chi connectivity index (χ0v) is 12.2. The highest BCUT2D eigenvalue weighted by molar-refractivity contribution is 5.99. The first kappa shape index (κ1) is 13.6. The number of benzene rings is 1. The van der Waals surface area contributed by atoms with Crippen LogP contribution in [0.5, 0.6) is 0 Å². The van der Waals surface area contributed by atoms with Crippen LogP contribution in [0.4, 0.5) is 0 Å². The fraction of sp³-hybridized carbons (Fsp3) is 0.294. The molecule has 0 radical (unpaired) electrons. The molecule has 4 heteroatoms. The number of nitrogens with zero attached hydrogens (tertiary/aromatic N) is 1. The molecular formula is C17H18N2O2. The van der Waals surface area contributed by atoms with Gasteiger partial charge in [0.05, 0.1) is 0 Å². The van der Waals surface area contributed by atoms with Crippen LogP contribution >= 0.6 is 0 Å². The summed E-state index contributed by atoms with van der Waals surface area (Å²) in [5, 5.41) is 2.96. The molecule has 0 aliphatic heterocycles. The zero-order valence-electron chi connectivity index (χ0n) is 12.2. The molecule has 1 amide bonds. The van der Waals surface area contributed by atoms with Crippen LogP contribution in [0.2, 0.25) is 0 Å². The van der Waals surface area contributed by atoms with Crippen LogP contribution in [0, 0.1) is 0 Å². The number of aromatic nitrogens is 1. The van der Waals surface area contributed by atoms with Crippen molar-refractivity contribution >= 4 is 11.7 Å². The maximum atomic E-state index is 12.2. The third-order valence-corrected chi connectivity index (χ3v) is 4.11. The third-order valence-electron chi connectivity index (χ3n) is 4.11. The van der Waals surface area contributed by atoms with E-state index < -0.39 is 0 Å². The fourth-order valence-corrected chi connectivity index (χ4v) is 2.83. The second-order valence-electron chi connectivity index (χ2n) is 5.59. The Morgan fingerprint density at radius 2 is 2.10 bits per heavy atom. The van der Waals surface area contributed by atoms with Crippen molar-refractivity contribution in [3.05, 3.63) is 58.9 Å². The first-order chi connectivity index (χ1) is 10.1. The third kappa shape index (κ3) is 2.49. The average molecular weight is 282 g/mol. The Labute approximate surface area is 123 Å². The molecule has 0 saturated heterocycles. The van der Waals surface area contributed by atoms with E-state index in [1.807, 2.05) is 12.1 Å². The molecule has 21 heavy (non-hydrogen) atoms. The van der Waals surface area contributed by atoms with Gasteiger partial charge in [0.2, 0.25) is 0 Å². The van der Waals surface area contributed by atoms with Crippen LogP contribution in [0.25, 0.3) is 0 Å². The van der Waals surface area contributed by atoms with Crippen molar-refractivity contribution < 1.29 is 9.59 Å². The highest BCUT2D eigenvalue weighted by Gasteiger charge is 2.26. The number of aryl methyl sites for hydroxylation is 1. The van der Waals surface area contributed by atoms with Crippen molar-refractivity contribution in [1.29, 1.82) is 0 Å². The van der Waals surface area contributed by atoms with Crippen molar-refractivity contribution in [3.8, 4) is 0 Å². The summed E-state index contributed by atoms with van der Waals surface area (Å²) in [4.78, 5) is 23.6. The van der Waals surface area contributed by atoms with Crippen molar-refractivity contribution in [2.75, 3.05) is 6.54 Å². The summed E-state index contributed by atoms with van der Waals surface area (Å²) in [6, 6.07) is 9.96. The summed E-state index contributed by atoms with van der Waals surface area (Å²) >= 11 is 0. The second-order valence-corrected chi connectivity index (χ2v) is 5.59. The second kappa shape index (κ2) is 5.20. The number of carbonyl (C=O) groups is 2. The number of nitrogens with one attached hydrogen (secondary N) is 1. The van der Waals surface area contributed by atoms with Gasteiger partial charge in [0.1, 0.15) is 5.69 Å². The molecule has 0 saturated carbocycles. The van der Waals surface area contributed by atoms with Crippen LogP contribution in [-0.2, 0) is 13.5 Å². The Hall–Kier alpha value is -2.36. The number of carbonyl (C=O) groups excluding carboxylic acids is 2. The molecule has 1 heterocycles. The normalized spacial score (nSPS) is 16.0. The van der Waals surface area contributed by atoms with Gasteiger partial charge in [0.25, 0.3) is 5.91 Å². The van der Waals surface area contributed by atoms with E-state index in [2.05, 4.69) is 17.4 Å². The van der Waals surface area contributed by atoms with Crippen LogP contribution < -0.4 is 5.32 Å². The molecule has 0 bridgehead atoms. The number of ketones is 1. The topological polar surface area (TPSA) is 51.1 Å². The van der Waals surface area contributed by atoms with Crippen LogP contribution in [0.15, 0.2) is 36.5 Å². The minimum atomic E-state index is -0.130. The number of hydrogen-bond acceptors (Lipinski definition) is 2. The molecule has 1 N–H and O–H groups in total. The number of fused-ring (bicyclic) bond motifs is 1. The summed E-state index contributed by atoms with van der Waals surface area (Å²) < 4.78 is 1.70. The van der Waals surface area contributed by atoms with E-state index in [0.29, 0.717) is 23.7 Å². The average Bonchev–Trinajstić information content (AvgIpc) is 2.82. The standard InChI is InChI=1S/C17H18N2O2/c1-11(20)14-8-16(19(2)10-14)17(21)18-9-13-7-12-5-3-4-6-15(12)13/h3-6,8,10,13H,7,9H2,1-2H3,(H,18,21). The lowest BCUT2D eigenvalue weighted by Crippen LogP contribution is -2.33. The first-order valence-electron chi connectivity index (χ1n) is 7.09. The van der Waals surface area contributed by atoms with E-state index in [0.717, 1.165) is 6.42 Å². The van der Waals surface area contributed by atoms with Gasteiger partial charge in [-0.2, -0.15) is 0 Å². The molecule has 0 spiro atoms. The van der Waals surface area contributed by atoms with Gasteiger partial charge in [-0.05, 0) is 30.5 Å². The molecule has 0 fully saturated rings. The summed E-state index contributed by atoms with van der Waals surface area (Å²) in [5.74, 6) is 0.240. The molecule has 1 aliphatic rings. The van der Waals surface area contributed by atoms with Crippen molar-refractivity contribution in [3.63, 3.8) is 0 Å². The van der Waals surface area contributed by atoms with Gasteiger partial charge in [-0.1, -0.05) is 24.3 Å². The number of rotatable bonds is 4. The first-order valence-corrected chi connectivity index (χ1v) is 7.09. The quantitative estimate of drug-likeness (QED) is 0.875. The minimum Gasteiger partial charge on any atom is -0.350 e. The lowest BCUT2D eigenvalue weighted by molar-refractivity contribution is 0.0941. The van der Waals surface area contributed by atoms with E-state index in [-0.39, 0.29) is 11.7 Å². The Bertz CT molecular complexity index is 715. The van der Waals surface area contributed by atoms with Gasteiger partial charge in [0.15, 0.2) is 5.78 Å². The molecule has 2 aromatic rings. The zero-order chi connectivity index (χ0) is 15.0. The molecule has 4 nitrogen and oxygen atoms in total. The van der Waals surface area contributed by atoms with Crippen molar-refractivity contribution in [2.24, 2.45) is 7.05 Å². The van der Waals surface area contributed by atoms with Crippen molar-refractivity contribution in [1.82, 2.24) is 9.88 Å². The summed E-state index contributed by atoms with van der Waals surface area (Å²) in [6.45, 7) is 2.14. The highest BCUT2D eigenvalue weighted by atomic mass is 16.2. The summed E-state index contributed by atoms with van der Waals surface area (Å²) in [5.41, 5.74) is 3.79. The molecule has 108 valence electrons.